The number of benzene rings is 1. The van der Waals surface area contributed by atoms with Gasteiger partial charge in [-0.3, -0.25) is 24.6 Å². The van der Waals surface area contributed by atoms with E-state index in [2.05, 4.69) is 5.32 Å². The van der Waals surface area contributed by atoms with Crippen molar-refractivity contribution in [2.45, 2.75) is 32.1 Å². The van der Waals surface area contributed by atoms with Crippen LogP contribution in [-0.2, 0) is 25.7 Å². The van der Waals surface area contributed by atoms with E-state index < -0.39 is 29.3 Å². The molecule has 2 aliphatic heterocycles. The second-order valence-corrected chi connectivity index (χ2v) is 7.15. The number of hydrogen-bond acceptors (Lipinski definition) is 6. The van der Waals surface area contributed by atoms with Crippen LogP contribution in [0.25, 0.3) is 0 Å². The van der Waals surface area contributed by atoms with E-state index >= 15 is 0 Å². The molecule has 3 rings (SSSR count). The highest BCUT2D eigenvalue weighted by Gasteiger charge is 2.48. The van der Waals surface area contributed by atoms with Gasteiger partial charge in [-0.2, -0.15) is 0 Å². The van der Waals surface area contributed by atoms with E-state index in [1.165, 1.54) is 25.3 Å². The predicted molar refractivity (Wildman–Crippen MR) is 108 cm³/mol. The summed E-state index contributed by atoms with van der Waals surface area (Å²) in [5, 5.41) is 13.0. The molecule has 8 nitrogen and oxygen atoms in total. The van der Waals surface area contributed by atoms with Gasteiger partial charge in [-0.15, -0.1) is 0 Å². The zero-order chi connectivity index (χ0) is 22.6. The Bertz CT molecular complexity index is 1000. The van der Waals surface area contributed by atoms with Gasteiger partial charge in [0, 0.05) is 30.5 Å². The fraction of sp³-hybridized carbons (Fsp3) is 0.318. The van der Waals surface area contributed by atoms with Gasteiger partial charge in [0.25, 0.3) is 11.8 Å². The minimum absolute atomic E-state index is 0.0931. The van der Waals surface area contributed by atoms with E-state index in [1.807, 2.05) is 0 Å². The maximum Gasteiger partial charge on any atom is 0.279 e. The number of hydrogen-bond donors (Lipinski definition) is 2. The first kappa shape index (κ1) is 22.2. The lowest BCUT2D eigenvalue weighted by Gasteiger charge is -2.39. The molecule has 1 aromatic carbocycles. The molecule has 31 heavy (non-hydrogen) atoms. The molecule has 0 aromatic heterocycles. The number of rotatable bonds is 5. The monoisotopic (exact) mass is 430 g/mol. The summed E-state index contributed by atoms with van der Waals surface area (Å²) in [5.74, 6) is -2.17. The third-order valence-electron chi connectivity index (χ3n) is 5.09. The van der Waals surface area contributed by atoms with E-state index in [0.717, 1.165) is 4.90 Å². The molecule has 1 aromatic rings. The van der Waals surface area contributed by atoms with Gasteiger partial charge in [-0.25, -0.2) is 4.39 Å². The first-order valence-corrected chi connectivity index (χ1v) is 9.64. The average Bonchev–Trinajstić information content (AvgIpc) is 2.81. The van der Waals surface area contributed by atoms with E-state index in [9.17, 15) is 23.9 Å². The van der Waals surface area contributed by atoms with Gasteiger partial charge >= 0.3 is 0 Å². The van der Waals surface area contributed by atoms with Crippen LogP contribution in [0.1, 0.15) is 25.3 Å². The summed E-state index contributed by atoms with van der Waals surface area (Å²) in [4.78, 5) is 37.6. The second kappa shape index (κ2) is 9.13. The molecule has 1 unspecified atom stereocenters. The van der Waals surface area contributed by atoms with Gasteiger partial charge in [0.15, 0.2) is 11.6 Å². The molecule has 2 aliphatic rings. The maximum atomic E-state index is 14.4. The Labute approximate surface area is 178 Å². The third kappa shape index (κ3) is 4.66. The highest BCUT2D eigenvalue weighted by atomic mass is 19.1. The summed E-state index contributed by atoms with van der Waals surface area (Å²) < 4.78 is 25.0. The summed E-state index contributed by atoms with van der Waals surface area (Å²) >= 11 is 0. The van der Waals surface area contributed by atoms with Gasteiger partial charge in [0.2, 0.25) is 11.6 Å². The lowest BCUT2D eigenvalue weighted by atomic mass is 9.98. The van der Waals surface area contributed by atoms with Crippen molar-refractivity contribution in [3.8, 4) is 5.75 Å². The molecule has 1 atom stereocenters. The number of nitrogens with zero attached hydrogens (tertiary/aromatic N) is 1. The number of allylic oxidation sites excluding steroid dienone is 3. The quantitative estimate of drug-likeness (QED) is 0.689. The minimum atomic E-state index is -2.18. The number of imide groups is 1. The van der Waals surface area contributed by atoms with Crippen molar-refractivity contribution in [2.24, 2.45) is 0 Å². The Hall–Kier alpha value is -3.46. The number of ether oxygens (including phenoxy) is 2. The Morgan fingerprint density at radius 1 is 1.29 bits per heavy atom. The van der Waals surface area contributed by atoms with Gasteiger partial charge in [0.05, 0.1) is 7.11 Å². The molecule has 9 heteroatoms. The van der Waals surface area contributed by atoms with E-state index in [-0.39, 0.29) is 42.9 Å². The Balaban J connectivity index is 1.84. The van der Waals surface area contributed by atoms with E-state index in [1.54, 1.807) is 31.2 Å². The molecule has 0 spiro atoms. The molecule has 3 amide bonds. The van der Waals surface area contributed by atoms with Crippen LogP contribution in [0.4, 0.5) is 4.39 Å². The topological polar surface area (TPSA) is 105 Å². The van der Waals surface area contributed by atoms with Crippen LogP contribution in [0.15, 0.2) is 53.8 Å². The number of amides is 3. The highest BCUT2D eigenvalue weighted by molar-refractivity contribution is 6.05. The van der Waals surface area contributed by atoms with Crippen LogP contribution in [0.3, 0.4) is 0 Å². The molecular weight excluding hydrogens is 407 g/mol. The summed E-state index contributed by atoms with van der Waals surface area (Å²) in [6.45, 7) is 1.28. The molecule has 0 aliphatic carbocycles. The van der Waals surface area contributed by atoms with Crippen LogP contribution < -0.4 is 10.1 Å². The Kier molecular flexibility index (Phi) is 6.55. The van der Waals surface area contributed by atoms with E-state index in [4.69, 9.17) is 9.47 Å². The molecule has 0 bridgehead atoms. The molecular formula is C22H23FN2O6. The van der Waals surface area contributed by atoms with Crippen molar-refractivity contribution in [2.75, 3.05) is 13.7 Å². The number of methoxy groups -OCH3 is 1. The van der Waals surface area contributed by atoms with Crippen LogP contribution in [0.5, 0.6) is 5.75 Å². The van der Waals surface area contributed by atoms with Gasteiger partial charge in [0.1, 0.15) is 12.4 Å². The van der Waals surface area contributed by atoms with Crippen molar-refractivity contribution in [1.29, 1.82) is 0 Å². The normalized spacial score (nSPS) is 23.7. The zero-order valence-corrected chi connectivity index (χ0v) is 17.2. The van der Waals surface area contributed by atoms with Crippen LogP contribution in [-0.4, -0.2) is 47.1 Å². The Morgan fingerprint density at radius 3 is 2.77 bits per heavy atom. The maximum absolute atomic E-state index is 14.4. The van der Waals surface area contributed by atoms with Crippen molar-refractivity contribution in [1.82, 2.24) is 10.2 Å². The average molecular weight is 430 g/mol. The van der Waals surface area contributed by atoms with Crippen molar-refractivity contribution in [3.05, 3.63) is 65.2 Å². The molecule has 0 saturated carbocycles. The third-order valence-corrected chi connectivity index (χ3v) is 5.09. The summed E-state index contributed by atoms with van der Waals surface area (Å²) in [6.07, 6.45) is 5.87. The summed E-state index contributed by atoms with van der Waals surface area (Å²) in [6, 6.07) is 4.69. The molecule has 1 fully saturated rings. The van der Waals surface area contributed by atoms with E-state index in [0.29, 0.717) is 5.76 Å². The number of halogens is 1. The molecule has 2 N–H and O–H groups in total. The Morgan fingerprint density at radius 2 is 2.06 bits per heavy atom. The summed E-state index contributed by atoms with van der Waals surface area (Å²) in [7, 11) is 1.37. The fourth-order valence-electron chi connectivity index (χ4n) is 3.26. The standard InChI is InChI=1S/C22H23FN2O6/c1-14-5-3-7-16(31-13-15-6-4-8-17(30-2)19(15)23)10-12-25(20(14)27)22(29)11-9-18(26)24-21(22)28/h3-8,10,29H,9,11-13H2,1-2H3,(H,24,26,28)/b7-3?,14-5+,16-10?. The molecule has 2 heterocycles. The smallest absolute Gasteiger partial charge is 0.279 e. The van der Waals surface area contributed by atoms with Gasteiger partial charge in [-0.05, 0) is 25.1 Å². The number of nitrogens with one attached hydrogen (secondary N) is 1. The second-order valence-electron chi connectivity index (χ2n) is 7.15. The van der Waals surface area contributed by atoms with Crippen LogP contribution in [0, 0.1) is 5.82 Å². The van der Waals surface area contributed by atoms with Crippen LogP contribution in [0.2, 0.25) is 0 Å². The fourth-order valence-corrected chi connectivity index (χ4v) is 3.26. The number of aliphatic hydroxyl groups is 1. The molecule has 0 radical (unpaired) electrons. The number of piperidine rings is 1. The lowest BCUT2D eigenvalue weighted by Crippen LogP contribution is -2.64. The van der Waals surface area contributed by atoms with Crippen molar-refractivity contribution >= 4 is 17.7 Å². The zero-order valence-electron chi connectivity index (χ0n) is 17.2. The number of carbonyl (C=O) groups excluding carboxylic acids is 3. The predicted octanol–water partition coefficient (Wildman–Crippen LogP) is 1.70. The highest BCUT2D eigenvalue weighted by Crippen LogP contribution is 2.26. The minimum Gasteiger partial charge on any atom is -0.494 e. The summed E-state index contributed by atoms with van der Waals surface area (Å²) in [5.41, 5.74) is -1.62. The van der Waals surface area contributed by atoms with Gasteiger partial charge in [-0.1, -0.05) is 24.3 Å². The van der Waals surface area contributed by atoms with Crippen LogP contribution >= 0.6 is 0 Å². The first-order chi connectivity index (χ1) is 14.8. The van der Waals surface area contributed by atoms with Crippen molar-refractivity contribution in [3.63, 3.8) is 0 Å². The SMILES string of the molecule is COc1cccc(COC2=CCN(C3(O)CCC(=O)NC3=O)C(=O)/C(C)=C/C=C2)c1F. The largest absolute Gasteiger partial charge is 0.494 e. The van der Waals surface area contributed by atoms with Crippen molar-refractivity contribution < 1.29 is 33.4 Å². The lowest BCUT2D eigenvalue weighted by molar-refractivity contribution is -0.178. The molecule has 1 saturated heterocycles. The first-order valence-electron chi connectivity index (χ1n) is 9.64. The number of carbonyl (C=O) groups is 3. The molecule has 164 valence electrons. The van der Waals surface area contributed by atoms with Gasteiger partial charge < -0.3 is 14.6 Å².